The van der Waals surface area contributed by atoms with Gasteiger partial charge in [0.05, 0.1) is 6.20 Å². The maximum absolute atomic E-state index is 12.1. The number of rotatable bonds is 11. The number of aromatic nitrogens is 4. The maximum atomic E-state index is 12.1. The van der Waals surface area contributed by atoms with Crippen molar-refractivity contribution in [2.24, 2.45) is 0 Å². The van der Waals surface area contributed by atoms with Crippen LogP contribution in [0.25, 0.3) is 11.2 Å². The number of hydrogen-bond donors (Lipinski definition) is 4. The number of piperazine rings is 1. The fourth-order valence-corrected chi connectivity index (χ4v) is 8.86. The lowest BCUT2D eigenvalue weighted by Crippen LogP contribution is -2.53. The van der Waals surface area contributed by atoms with Crippen molar-refractivity contribution in [1.29, 1.82) is 0 Å². The lowest BCUT2D eigenvalue weighted by atomic mass is 10.0. The van der Waals surface area contributed by atoms with Crippen molar-refractivity contribution in [2.45, 2.75) is 76.0 Å². The molecule has 9 rings (SSSR count). The Kier molecular flexibility index (Phi) is 10.5. The van der Waals surface area contributed by atoms with Crippen LogP contribution < -0.4 is 26.2 Å². The summed E-state index contributed by atoms with van der Waals surface area (Å²) in [5.74, 6) is 0.962. The van der Waals surface area contributed by atoms with E-state index in [1.807, 2.05) is 36.5 Å². The van der Waals surface area contributed by atoms with E-state index in [2.05, 4.69) is 94.0 Å². The van der Waals surface area contributed by atoms with Crippen molar-refractivity contribution in [2.75, 3.05) is 60.1 Å². The third-order valence-corrected chi connectivity index (χ3v) is 12.0. The molecular weight excluding hydrogens is 703 g/mol. The lowest BCUT2D eigenvalue weighted by Gasteiger charge is -2.43. The van der Waals surface area contributed by atoms with Crippen LogP contribution in [0.5, 0.6) is 0 Å². The topological polar surface area (TPSA) is 136 Å². The molecule has 13 heteroatoms. The summed E-state index contributed by atoms with van der Waals surface area (Å²) in [7, 11) is 0. The van der Waals surface area contributed by atoms with Crippen molar-refractivity contribution in [1.82, 2.24) is 34.6 Å². The van der Waals surface area contributed by atoms with Gasteiger partial charge in [-0.3, -0.25) is 29.3 Å². The summed E-state index contributed by atoms with van der Waals surface area (Å²) in [6, 6.07) is 27.9. The standard InChI is InChI=1S/C43H51N11O2/c55-39-19-18-37(41(56)49-39)45-32-12-10-30(11-13-32)29-51-24-26-53(27-25-51)35-20-22-52(23-21-35)34-16-14-33(15-17-34)46-42-44-28-38-40(50-42)54(36-8-4-5-9-36)43(48-38)47-31-6-2-1-3-7-31/h1-3,6-7,10-17,28,35-37,45H,4-5,8-9,18-27,29H2,(H,47,48)(H,44,46,50)(H,49,55,56). The summed E-state index contributed by atoms with van der Waals surface area (Å²) in [4.78, 5) is 45.8. The van der Waals surface area contributed by atoms with Gasteiger partial charge in [0.15, 0.2) is 5.65 Å². The molecule has 4 N–H and O–H groups in total. The van der Waals surface area contributed by atoms with E-state index in [9.17, 15) is 9.59 Å². The van der Waals surface area contributed by atoms with Gasteiger partial charge < -0.3 is 20.9 Å². The number of piperidine rings is 2. The zero-order chi connectivity index (χ0) is 37.8. The Hall–Kier alpha value is -5.53. The number of hydrogen-bond acceptors (Lipinski definition) is 11. The zero-order valence-electron chi connectivity index (χ0n) is 31.9. The van der Waals surface area contributed by atoms with Gasteiger partial charge in [-0.05, 0) is 86.2 Å². The minimum absolute atomic E-state index is 0.193. The number of anilines is 6. The highest BCUT2D eigenvalue weighted by Gasteiger charge is 2.29. The van der Waals surface area contributed by atoms with Gasteiger partial charge in [-0.1, -0.05) is 43.2 Å². The van der Waals surface area contributed by atoms with Gasteiger partial charge in [-0.25, -0.2) is 9.97 Å². The van der Waals surface area contributed by atoms with E-state index in [0.29, 0.717) is 30.9 Å². The van der Waals surface area contributed by atoms with Crippen LogP contribution in [-0.2, 0) is 16.1 Å². The Bertz CT molecular complexity index is 2120. The second-order valence-corrected chi connectivity index (χ2v) is 15.7. The third-order valence-electron chi connectivity index (χ3n) is 12.0. The smallest absolute Gasteiger partial charge is 0.249 e. The van der Waals surface area contributed by atoms with Gasteiger partial charge in [0.1, 0.15) is 11.6 Å². The van der Waals surface area contributed by atoms with Crippen LogP contribution in [0.1, 0.15) is 63.0 Å². The molecule has 5 heterocycles. The second-order valence-electron chi connectivity index (χ2n) is 15.7. The number of carbonyl (C=O) groups excluding carboxylic acids is 2. The van der Waals surface area contributed by atoms with Gasteiger partial charge >= 0.3 is 0 Å². The summed E-state index contributed by atoms with van der Waals surface area (Å²) in [5, 5.41) is 12.7. The zero-order valence-corrected chi connectivity index (χ0v) is 31.9. The fourth-order valence-electron chi connectivity index (χ4n) is 8.86. The summed E-state index contributed by atoms with van der Waals surface area (Å²) >= 11 is 0. The van der Waals surface area contributed by atoms with Crippen LogP contribution in [0.4, 0.5) is 34.6 Å². The maximum Gasteiger partial charge on any atom is 0.249 e. The van der Waals surface area contributed by atoms with Crippen molar-refractivity contribution in [3.05, 3.63) is 90.6 Å². The molecule has 4 aliphatic rings. The van der Waals surface area contributed by atoms with Crippen molar-refractivity contribution < 1.29 is 9.59 Å². The largest absolute Gasteiger partial charge is 0.374 e. The quantitative estimate of drug-likeness (QED) is 0.111. The molecule has 4 fully saturated rings. The summed E-state index contributed by atoms with van der Waals surface area (Å²) in [6.07, 6.45) is 9.78. The van der Waals surface area contributed by atoms with E-state index >= 15 is 0 Å². The summed E-state index contributed by atoms with van der Waals surface area (Å²) < 4.78 is 2.28. The monoisotopic (exact) mass is 753 g/mol. The van der Waals surface area contributed by atoms with Gasteiger partial charge in [0.25, 0.3) is 0 Å². The van der Waals surface area contributed by atoms with Crippen LogP contribution in [0.2, 0.25) is 0 Å². The average molecular weight is 754 g/mol. The van der Waals surface area contributed by atoms with E-state index in [-0.39, 0.29) is 17.9 Å². The lowest BCUT2D eigenvalue weighted by molar-refractivity contribution is -0.133. The molecule has 290 valence electrons. The number of para-hydroxylation sites is 1. The first-order chi connectivity index (χ1) is 27.5. The minimum atomic E-state index is -0.360. The first-order valence-electron chi connectivity index (χ1n) is 20.4. The predicted molar refractivity (Wildman–Crippen MR) is 221 cm³/mol. The highest BCUT2D eigenvalue weighted by atomic mass is 16.2. The van der Waals surface area contributed by atoms with Gasteiger partial charge in [-0.2, -0.15) is 4.98 Å². The Morgan fingerprint density at radius 3 is 2.14 bits per heavy atom. The number of fused-ring (bicyclic) bond motifs is 1. The highest BCUT2D eigenvalue weighted by molar-refractivity contribution is 6.01. The van der Waals surface area contributed by atoms with E-state index in [0.717, 1.165) is 92.8 Å². The van der Waals surface area contributed by atoms with Crippen molar-refractivity contribution >= 4 is 57.6 Å². The first kappa shape index (κ1) is 36.1. The van der Waals surface area contributed by atoms with E-state index in [1.165, 1.54) is 36.9 Å². The van der Waals surface area contributed by atoms with Gasteiger partial charge in [-0.15, -0.1) is 0 Å². The predicted octanol–water partition coefficient (Wildman–Crippen LogP) is 6.43. The SMILES string of the molecule is O=C1CCC(Nc2ccc(CN3CCN(C4CCN(c5ccc(Nc6ncc7nc(Nc8ccccc8)n(C8CCCC8)c7n6)cc5)CC4)CC3)cc2)C(=O)N1. The molecule has 3 aliphatic heterocycles. The summed E-state index contributed by atoms with van der Waals surface area (Å²) in [5.41, 5.74) is 7.07. The van der Waals surface area contributed by atoms with Crippen LogP contribution >= 0.6 is 0 Å². The number of imide groups is 1. The Morgan fingerprint density at radius 2 is 1.41 bits per heavy atom. The molecule has 56 heavy (non-hydrogen) atoms. The molecule has 0 radical (unpaired) electrons. The Labute approximate surface area is 327 Å². The van der Waals surface area contributed by atoms with Crippen LogP contribution in [0.3, 0.4) is 0 Å². The molecule has 2 aromatic heterocycles. The van der Waals surface area contributed by atoms with Crippen LogP contribution in [-0.4, -0.2) is 92.5 Å². The Balaban J connectivity index is 0.750. The molecule has 1 atom stereocenters. The first-order valence-corrected chi connectivity index (χ1v) is 20.4. The van der Waals surface area contributed by atoms with E-state index < -0.39 is 0 Å². The molecule has 1 saturated carbocycles. The molecule has 0 bridgehead atoms. The number of nitrogens with zero attached hydrogens (tertiary/aromatic N) is 7. The molecule has 0 spiro atoms. The number of nitrogens with one attached hydrogen (secondary N) is 4. The molecule has 1 aliphatic carbocycles. The molecule has 13 nitrogen and oxygen atoms in total. The van der Waals surface area contributed by atoms with Crippen molar-refractivity contribution in [3.8, 4) is 0 Å². The molecule has 3 aromatic carbocycles. The number of amides is 2. The molecule has 2 amide bonds. The van der Waals surface area contributed by atoms with Crippen LogP contribution in [0.15, 0.2) is 85.1 Å². The van der Waals surface area contributed by atoms with E-state index in [1.54, 1.807) is 0 Å². The average Bonchev–Trinajstić information content (AvgIpc) is 3.88. The Morgan fingerprint density at radius 1 is 0.696 bits per heavy atom. The number of carbonyl (C=O) groups is 2. The number of imidazole rings is 1. The third kappa shape index (κ3) is 8.19. The molecule has 3 saturated heterocycles. The second kappa shape index (κ2) is 16.3. The van der Waals surface area contributed by atoms with Crippen molar-refractivity contribution in [3.63, 3.8) is 0 Å². The highest BCUT2D eigenvalue weighted by Crippen LogP contribution is 2.36. The molecular formula is C43H51N11O2. The molecule has 1 unspecified atom stereocenters. The summed E-state index contributed by atoms with van der Waals surface area (Å²) in [6.45, 7) is 7.37. The number of benzene rings is 3. The van der Waals surface area contributed by atoms with Crippen LogP contribution in [0, 0.1) is 0 Å². The van der Waals surface area contributed by atoms with E-state index in [4.69, 9.17) is 9.97 Å². The minimum Gasteiger partial charge on any atom is -0.374 e. The molecule has 5 aromatic rings. The fraction of sp³-hybridized carbons (Fsp3) is 0.419. The van der Waals surface area contributed by atoms with Gasteiger partial charge in [0, 0.05) is 87.1 Å². The normalized spacial score (nSPS) is 20.4. The van der Waals surface area contributed by atoms with Gasteiger partial charge in [0.2, 0.25) is 23.7 Å².